The Morgan fingerprint density at radius 3 is 2.77 bits per heavy atom. The summed E-state index contributed by atoms with van der Waals surface area (Å²) in [6, 6.07) is 9.04. The average Bonchev–Trinajstić information content (AvgIpc) is 2.21. The maximum atomic E-state index is 5.35. The van der Waals surface area contributed by atoms with Crippen LogP contribution in [-0.4, -0.2) is 9.97 Å². The molecule has 63 valence electrons. The maximum Gasteiger partial charge on any atom is 0.219 e. The summed E-state index contributed by atoms with van der Waals surface area (Å²) in [6.07, 6.45) is 6.02. The topological polar surface area (TPSA) is 35.0 Å². The van der Waals surface area contributed by atoms with E-state index in [9.17, 15) is 0 Å². The highest BCUT2D eigenvalue weighted by Crippen LogP contribution is 2.15. The van der Waals surface area contributed by atoms with Gasteiger partial charge in [0.05, 0.1) is 0 Å². The summed E-state index contributed by atoms with van der Waals surface area (Å²) in [7, 11) is 0. The van der Waals surface area contributed by atoms with E-state index < -0.39 is 0 Å². The molecule has 0 aromatic carbocycles. The second-order valence-electron chi connectivity index (χ2n) is 2.38. The molecule has 0 aliphatic rings. The highest BCUT2D eigenvalue weighted by atomic mass is 16.5. The van der Waals surface area contributed by atoms with Crippen molar-refractivity contribution >= 4 is 0 Å². The van der Waals surface area contributed by atoms with Crippen molar-refractivity contribution in [2.24, 2.45) is 0 Å². The van der Waals surface area contributed by atoms with Gasteiger partial charge >= 0.3 is 0 Å². The van der Waals surface area contributed by atoms with Crippen molar-refractivity contribution in [2.75, 3.05) is 0 Å². The van der Waals surface area contributed by atoms with Gasteiger partial charge in [0, 0.05) is 18.5 Å². The van der Waals surface area contributed by atoms with Crippen molar-refractivity contribution < 1.29 is 4.74 Å². The molecule has 0 unspecified atom stereocenters. The Kier molecular flexibility index (Phi) is 2.18. The van der Waals surface area contributed by atoms with Crippen molar-refractivity contribution in [3.63, 3.8) is 0 Å². The molecule has 2 heterocycles. The number of aromatic nitrogens is 2. The standard InChI is InChI=1S/C10H7N2O/c1-2-7-12-10(5-1)13-9-4-3-6-11-8-9/h1-7H. The fraction of sp³-hybridized carbons (Fsp3) is 0. The number of ether oxygens (including phenoxy) is 1. The van der Waals surface area contributed by atoms with E-state index in [2.05, 4.69) is 16.2 Å². The zero-order valence-electron chi connectivity index (χ0n) is 6.84. The van der Waals surface area contributed by atoms with Gasteiger partial charge in [-0.1, -0.05) is 6.07 Å². The van der Waals surface area contributed by atoms with Crippen LogP contribution in [0.3, 0.4) is 0 Å². The molecular formula is C10H7N2O. The van der Waals surface area contributed by atoms with E-state index in [-0.39, 0.29) is 0 Å². The van der Waals surface area contributed by atoms with Crippen molar-refractivity contribution in [1.82, 2.24) is 9.97 Å². The molecule has 2 rings (SSSR count). The first-order valence-electron chi connectivity index (χ1n) is 3.87. The summed E-state index contributed by atoms with van der Waals surface area (Å²) in [5.41, 5.74) is 0. The van der Waals surface area contributed by atoms with Gasteiger partial charge in [-0.2, -0.15) is 0 Å². The molecule has 0 aliphatic heterocycles. The molecule has 0 amide bonds. The summed E-state index contributed by atoms with van der Waals surface area (Å²) in [5, 5.41) is 0. The molecule has 0 N–H and O–H groups in total. The predicted octanol–water partition coefficient (Wildman–Crippen LogP) is 2.07. The largest absolute Gasteiger partial charge is 0.437 e. The fourth-order valence-electron chi connectivity index (χ4n) is 0.889. The molecule has 0 saturated carbocycles. The van der Waals surface area contributed by atoms with E-state index in [1.54, 1.807) is 30.6 Å². The summed E-state index contributed by atoms with van der Waals surface area (Å²) in [6.45, 7) is 0. The summed E-state index contributed by atoms with van der Waals surface area (Å²) < 4.78 is 5.35. The minimum absolute atomic E-state index is 0.548. The van der Waals surface area contributed by atoms with Crippen molar-refractivity contribution in [3.05, 3.63) is 48.9 Å². The number of pyridine rings is 2. The van der Waals surface area contributed by atoms with Crippen LogP contribution in [-0.2, 0) is 0 Å². The molecule has 0 saturated heterocycles. The third-order valence-corrected chi connectivity index (χ3v) is 1.44. The molecular weight excluding hydrogens is 164 g/mol. The lowest BCUT2D eigenvalue weighted by Crippen LogP contribution is -1.86. The van der Waals surface area contributed by atoms with Crippen LogP contribution in [0.15, 0.2) is 42.7 Å². The van der Waals surface area contributed by atoms with E-state index in [0.717, 1.165) is 0 Å². The van der Waals surface area contributed by atoms with Crippen LogP contribution in [0.4, 0.5) is 0 Å². The third kappa shape index (κ3) is 2.02. The Morgan fingerprint density at radius 1 is 1.08 bits per heavy atom. The van der Waals surface area contributed by atoms with Crippen molar-refractivity contribution in [3.8, 4) is 11.6 Å². The van der Waals surface area contributed by atoms with Gasteiger partial charge in [0.2, 0.25) is 5.88 Å². The van der Waals surface area contributed by atoms with E-state index in [1.165, 1.54) is 0 Å². The summed E-state index contributed by atoms with van der Waals surface area (Å²) in [4.78, 5) is 7.81. The first kappa shape index (κ1) is 7.73. The van der Waals surface area contributed by atoms with E-state index in [4.69, 9.17) is 4.74 Å². The Hall–Kier alpha value is -1.90. The normalized spacial score (nSPS) is 9.54. The fourth-order valence-corrected chi connectivity index (χ4v) is 0.889. The van der Waals surface area contributed by atoms with Gasteiger partial charge in [0.15, 0.2) is 5.75 Å². The third-order valence-electron chi connectivity index (χ3n) is 1.44. The zero-order chi connectivity index (χ0) is 8.93. The first-order valence-corrected chi connectivity index (χ1v) is 3.87. The van der Waals surface area contributed by atoms with Gasteiger partial charge in [-0.25, -0.2) is 4.98 Å². The number of rotatable bonds is 2. The number of hydrogen-bond acceptors (Lipinski definition) is 3. The Labute approximate surface area is 76.0 Å². The average molecular weight is 171 g/mol. The molecule has 3 heteroatoms. The number of hydrogen-bond donors (Lipinski definition) is 0. The van der Waals surface area contributed by atoms with E-state index >= 15 is 0 Å². The molecule has 1 radical (unpaired) electrons. The quantitative estimate of drug-likeness (QED) is 0.693. The van der Waals surface area contributed by atoms with Gasteiger partial charge < -0.3 is 4.74 Å². The van der Waals surface area contributed by atoms with Gasteiger partial charge in [-0.15, -0.1) is 0 Å². The molecule has 13 heavy (non-hydrogen) atoms. The van der Waals surface area contributed by atoms with Crippen LogP contribution >= 0.6 is 0 Å². The van der Waals surface area contributed by atoms with Crippen molar-refractivity contribution in [1.29, 1.82) is 0 Å². The van der Waals surface area contributed by atoms with Crippen LogP contribution in [0.5, 0.6) is 11.6 Å². The van der Waals surface area contributed by atoms with Gasteiger partial charge in [0.25, 0.3) is 0 Å². The van der Waals surface area contributed by atoms with Gasteiger partial charge in [-0.05, 0) is 18.2 Å². The SMILES string of the molecule is [c]1ncccc1Oc1ccccn1. The molecule has 0 fully saturated rings. The van der Waals surface area contributed by atoms with Crippen LogP contribution in [0.2, 0.25) is 0 Å². The zero-order valence-corrected chi connectivity index (χ0v) is 6.84. The molecule has 3 nitrogen and oxygen atoms in total. The molecule has 0 aliphatic carbocycles. The number of nitrogens with zero attached hydrogens (tertiary/aromatic N) is 2. The van der Waals surface area contributed by atoms with Crippen molar-refractivity contribution in [2.45, 2.75) is 0 Å². The van der Waals surface area contributed by atoms with Gasteiger partial charge in [-0.3, -0.25) is 4.98 Å². The molecule has 0 spiro atoms. The summed E-state index contributed by atoms with van der Waals surface area (Å²) >= 11 is 0. The minimum atomic E-state index is 0.548. The Bertz CT molecular complexity index is 324. The molecule has 0 bridgehead atoms. The van der Waals surface area contributed by atoms with E-state index in [1.807, 2.05) is 12.1 Å². The lowest BCUT2D eigenvalue weighted by Gasteiger charge is -2.01. The summed E-state index contributed by atoms with van der Waals surface area (Å²) in [5.74, 6) is 1.12. The lowest BCUT2D eigenvalue weighted by atomic mass is 10.4. The Morgan fingerprint density at radius 2 is 2.08 bits per heavy atom. The molecule has 2 aromatic rings. The van der Waals surface area contributed by atoms with Crippen LogP contribution in [0, 0.1) is 6.20 Å². The first-order chi connectivity index (χ1) is 6.45. The van der Waals surface area contributed by atoms with Crippen LogP contribution in [0.1, 0.15) is 0 Å². The smallest absolute Gasteiger partial charge is 0.219 e. The maximum absolute atomic E-state index is 5.35. The second kappa shape index (κ2) is 3.67. The Balaban J connectivity index is 2.16. The molecule has 2 aromatic heterocycles. The highest BCUT2D eigenvalue weighted by molar-refractivity contribution is 5.21. The van der Waals surface area contributed by atoms with Gasteiger partial charge in [0.1, 0.15) is 6.20 Å². The highest BCUT2D eigenvalue weighted by Gasteiger charge is 1.95. The predicted molar refractivity (Wildman–Crippen MR) is 47.4 cm³/mol. The minimum Gasteiger partial charge on any atom is -0.437 e. The molecule has 0 atom stereocenters. The monoisotopic (exact) mass is 171 g/mol. The van der Waals surface area contributed by atoms with E-state index in [0.29, 0.717) is 11.6 Å². The lowest BCUT2D eigenvalue weighted by molar-refractivity contribution is 0.459. The van der Waals surface area contributed by atoms with Crippen LogP contribution < -0.4 is 4.74 Å². The van der Waals surface area contributed by atoms with Crippen LogP contribution in [0.25, 0.3) is 0 Å². The second-order valence-corrected chi connectivity index (χ2v) is 2.38.